The van der Waals surface area contributed by atoms with Gasteiger partial charge in [-0.25, -0.2) is 4.98 Å². The van der Waals surface area contributed by atoms with Crippen molar-refractivity contribution in [3.8, 4) is 0 Å². The van der Waals surface area contributed by atoms with Gasteiger partial charge in [0.25, 0.3) is 0 Å². The second-order valence-electron chi connectivity index (χ2n) is 5.99. The Morgan fingerprint density at radius 2 is 1.96 bits per heavy atom. The van der Waals surface area contributed by atoms with E-state index in [1.807, 2.05) is 31.4 Å². The van der Waals surface area contributed by atoms with Gasteiger partial charge in [0.2, 0.25) is 5.91 Å². The summed E-state index contributed by atoms with van der Waals surface area (Å²) in [6.45, 7) is 11.7. The molecule has 1 amide bonds. The first-order valence-corrected chi connectivity index (χ1v) is 10.9. The molecule has 7 heteroatoms. The molecule has 0 atom stereocenters. The highest BCUT2D eigenvalue weighted by Gasteiger charge is 2.20. The summed E-state index contributed by atoms with van der Waals surface area (Å²) in [5, 5.41) is 2.71. The standard InChI is InChI=1S/C19H25N3OS3/c1-6-21(7-2)19(24)26-12-16-11-25-18(20-16)22(15(5)23)17-9-8-13(3)10-14(17)4/h8-11H,6-7,12H2,1-5H3. The maximum absolute atomic E-state index is 12.3. The molecular weight excluding hydrogens is 382 g/mol. The van der Waals surface area contributed by atoms with E-state index in [4.69, 9.17) is 12.2 Å². The molecule has 0 aliphatic rings. The lowest BCUT2D eigenvalue weighted by Gasteiger charge is -2.21. The summed E-state index contributed by atoms with van der Waals surface area (Å²) in [4.78, 5) is 20.8. The molecule has 4 nitrogen and oxygen atoms in total. The minimum Gasteiger partial charge on any atom is -0.358 e. The minimum absolute atomic E-state index is 0.0378. The van der Waals surface area contributed by atoms with Crippen LogP contribution in [-0.2, 0) is 10.5 Å². The summed E-state index contributed by atoms with van der Waals surface area (Å²) in [5.41, 5.74) is 4.07. The fourth-order valence-corrected chi connectivity index (χ4v) is 4.92. The average Bonchev–Trinajstić information content (AvgIpc) is 3.04. The maximum atomic E-state index is 12.3. The number of rotatable bonds is 6. The minimum atomic E-state index is -0.0378. The van der Waals surface area contributed by atoms with Crippen molar-refractivity contribution in [1.82, 2.24) is 9.88 Å². The summed E-state index contributed by atoms with van der Waals surface area (Å²) < 4.78 is 0.891. The predicted octanol–water partition coefficient (Wildman–Crippen LogP) is 5.30. The number of anilines is 2. The Balaban J connectivity index is 2.17. The van der Waals surface area contributed by atoms with Gasteiger partial charge in [0, 0.05) is 31.1 Å². The van der Waals surface area contributed by atoms with Gasteiger partial charge >= 0.3 is 0 Å². The molecule has 0 aliphatic heterocycles. The molecule has 0 N–H and O–H groups in total. The number of thiazole rings is 1. The molecule has 26 heavy (non-hydrogen) atoms. The third kappa shape index (κ3) is 5.05. The third-order valence-electron chi connectivity index (χ3n) is 4.00. The molecule has 0 fully saturated rings. The Morgan fingerprint density at radius 3 is 2.54 bits per heavy atom. The quantitative estimate of drug-likeness (QED) is 0.607. The van der Waals surface area contributed by atoms with Gasteiger partial charge in [-0.2, -0.15) is 0 Å². The number of hydrogen-bond donors (Lipinski definition) is 0. The van der Waals surface area contributed by atoms with E-state index in [0.29, 0.717) is 10.9 Å². The van der Waals surface area contributed by atoms with Gasteiger partial charge in [-0.15, -0.1) is 11.3 Å². The van der Waals surface area contributed by atoms with E-state index >= 15 is 0 Å². The van der Waals surface area contributed by atoms with Crippen molar-refractivity contribution < 1.29 is 4.79 Å². The van der Waals surface area contributed by atoms with Crippen LogP contribution in [-0.4, -0.2) is 33.2 Å². The van der Waals surface area contributed by atoms with E-state index in [0.717, 1.165) is 34.4 Å². The zero-order chi connectivity index (χ0) is 19.3. The average molecular weight is 408 g/mol. The molecule has 0 saturated carbocycles. The summed E-state index contributed by atoms with van der Waals surface area (Å²) >= 11 is 8.59. The Morgan fingerprint density at radius 1 is 1.27 bits per heavy atom. The number of aryl methyl sites for hydroxylation is 2. The molecule has 1 heterocycles. The molecule has 1 aromatic carbocycles. The highest BCUT2D eigenvalue weighted by molar-refractivity contribution is 8.22. The van der Waals surface area contributed by atoms with Gasteiger partial charge in [-0.1, -0.05) is 41.7 Å². The van der Waals surface area contributed by atoms with Crippen molar-refractivity contribution >= 4 is 56.4 Å². The van der Waals surface area contributed by atoms with Crippen molar-refractivity contribution in [3.05, 3.63) is 40.4 Å². The first-order valence-electron chi connectivity index (χ1n) is 8.61. The van der Waals surface area contributed by atoms with Crippen LogP contribution in [0.2, 0.25) is 0 Å². The van der Waals surface area contributed by atoms with Crippen molar-refractivity contribution in [2.45, 2.75) is 40.4 Å². The van der Waals surface area contributed by atoms with Gasteiger partial charge in [0.05, 0.1) is 11.4 Å². The van der Waals surface area contributed by atoms with E-state index in [1.54, 1.807) is 23.6 Å². The van der Waals surface area contributed by atoms with Crippen molar-refractivity contribution in [2.75, 3.05) is 18.0 Å². The number of thiocarbonyl (C=S) groups is 1. The van der Waals surface area contributed by atoms with Crippen LogP contribution in [0.3, 0.4) is 0 Å². The topological polar surface area (TPSA) is 36.4 Å². The predicted molar refractivity (Wildman–Crippen MR) is 118 cm³/mol. The van der Waals surface area contributed by atoms with E-state index in [2.05, 4.69) is 29.8 Å². The summed E-state index contributed by atoms with van der Waals surface area (Å²) in [6.07, 6.45) is 0. The highest BCUT2D eigenvalue weighted by Crippen LogP contribution is 2.32. The van der Waals surface area contributed by atoms with Gasteiger partial charge < -0.3 is 4.90 Å². The monoisotopic (exact) mass is 407 g/mol. The molecule has 0 bridgehead atoms. The number of carbonyl (C=O) groups is 1. The molecule has 0 spiro atoms. The molecule has 0 unspecified atom stereocenters. The largest absolute Gasteiger partial charge is 0.358 e. The van der Waals surface area contributed by atoms with Crippen molar-refractivity contribution in [1.29, 1.82) is 0 Å². The van der Waals surface area contributed by atoms with E-state index in [9.17, 15) is 4.79 Å². The van der Waals surface area contributed by atoms with Crippen LogP contribution >= 0.6 is 35.3 Å². The summed E-state index contributed by atoms with van der Waals surface area (Å²) in [7, 11) is 0. The lowest BCUT2D eigenvalue weighted by Crippen LogP contribution is -2.26. The number of thioether (sulfide) groups is 1. The van der Waals surface area contributed by atoms with Crippen LogP contribution in [0.15, 0.2) is 23.6 Å². The lowest BCUT2D eigenvalue weighted by molar-refractivity contribution is -0.115. The SMILES string of the molecule is CCN(CC)C(=S)SCc1csc(N(C(C)=O)c2ccc(C)cc2C)n1. The maximum Gasteiger partial charge on any atom is 0.230 e. The third-order valence-corrected chi connectivity index (χ3v) is 6.44. The second kappa shape index (κ2) is 9.48. The number of amides is 1. The number of hydrogen-bond acceptors (Lipinski definition) is 5. The van der Waals surface area contributed by atoms with Crippen LogP contribution in [0.4, 0.5) is 10.8 Å². The molecule has 1 aromatic heterocycles. The van der Waals surface area contributed by atoms with Crippen LogP contribution < -0.4 is 4.90 Å². The Labute approximate surface area is 169 Å². The van der Waals surface area contributed by atoms with Gasteiger partial charge in [-0.3, -0.25) is 9.69 Å². The van der Waals surface area contributed by atoms with E-state index < -0.39 is 0 Å². The zero-order valence-corrected chi connectivity index (χ0v) is 18.4. The van der Waals surface area contributed by atoms with Crippen molar-refractivity contribution in [2.24, 2.45) is 0 Å². The van der Waals surface area contributed by atoms with Crippen LogP contribution in [0, 0.1) is 13.8 Å². The summed E-state index contributed by atoms with van der Waals surface area (Å²) in [5.74, 6) is 0.675. The number of benzene rings is 1. The second-order valence-corrected chi connectivity index (χ2v) is 8.44. The Kier molecular flexibility index (Phi) is 7.61. The highest BCUT2D eigenvalue weighted by atomic mass is 32.2. The normalized spacial score (nSPS) is 10.7. The molecule has 0 aliphatic carbocycles. The lowest BCUT2D eigenvalue weighted by atomic mass is 10.1. The van der Waals surface area contributed by atoms with Crippen LogP contribution in [0.1, 0.15) is 37.6 Å². The van der Waals surface area contributed by atoms with Crippen LogP contribution in [0.25, 0.3) is 0 Å². The van der Waals surface area contributed by atoms with Crippen LogP contribution in [0.5, 0.6) is 0 Å². The van der Waals surface area contributed by atoms with E-state index in [-0.39, 0.29) is 5.91 Å². The first-order chi connectivity index (χ1) is 12.4. The fraction of sp³-hybridized carbons (Fsp3) is 0.421. The molecule has 2 aromatic rings. The fourth-order valence-electron chi connectivity index (χ4n) is 2.64. The molecule has 2 rings (SSSR count). The molecule has 0 radical (unpaired) electrons. The number of nitrogens with zero attached hydrogens (tertiary/aromatic N) is 3. The van der Waals surface area contributed by atoms with Gasteiger partial charge in [0.15, 0.2) is 5.13 Å². The summed E-state index contributed by atoms with van der Waals surface area (Å²) in [6, 6.07) is 6.08. The Bertz CT molecular complexity index is 784. The molecular formula is C19H25N3OS3. The molecule has 0 saturated heterocycles. The van der Waals surface area contributed by atoms with Gasteiger partial charge in [-0.05, 0) is 39.3 Å². The van der Waals surface area contributed by atoms with E-state index in [1.165, 1.54) is 16.9 Å². The Hall–Kier alpha value is -1.44. The number of carbonyl (C=O) groups excluding carboxylic acids is 1. The van der Waals surface area contributed by atoms with Crippen molar-refractivity contribution in [3.63, 3.8) is 0 Å². The molecule has 140 valence electrons. The zero-order valence-electron chi connectivity index (χ0n) is 15.9. The number of aromatic nitrogens is 1. The first kappa shape index (κ1) is 20.9. The smallest absolute Gasteiger partial charge is 0.230 e. The van der Waals surface area contributed by atoms with Gasteiger partial charge in [0.1, 0.15) is 4.32 Å².